The zero-order valence-corrected chi connectivity index (χ0v) is 22.0. The molecule has 0 fully saturated rings. The molecule has 21 heteroatoms. The van der Waals surface area contributed by atoms with Crippen LogP contribution in [0.15, 0.2) is 48.5 Å². The fraction of sp³-hybridized carbons (Fsp3) is 0.522. The number of hydrogen-bond donors (Lipinski definition) is 0. The van der Waals surface area contributed by atoms with Crippen molar-refractivity contribution >= 4 is 17.9 Å². The molecule has 0 aromatic rings. The van der Waals surface area contributed by atoms with Crippen LogP contribution in [0.3, 0.4) is 0 Å². The van der Waals surface area contributed by atoms with Gasteiger partial charge < -0.3 is 18.9 Å². The van der Waals surface area contributed by atoms with Crippen molar-refractivity contribution in [3.8, 4) is 0 Å². The number of ether oxygens (including phenoxy) is 4. The summed E-state index contributed by atoms with van der Waals surface area (Å²) in [6.45, 7) is -3.05. The molecule has 0 aromatic heterocycles. The van der Waals surface area contributed by atoms with E-state index >= 15 is 0 Å². The topological polar surface area (TPSA) is 88.1 Å². The van der Waals surface area contributed by atoms with E-state index in [1.165, 1.54) is 0 Å². The molecule has 44 heavy (non-hydrogen) atoms. The first-order valence-electron chi connectivity index (χ1n) is 11.0. The van der Waals surface area contributed by atoms with E-state index in [1.54, 1.807) is 0 Å². The van der Waals surface area contributed by atoms with Crippen LogP contribution in [0.1, 0.15) is 13.8 Å². The van der Waals surface area contributed by atoms with E-state index < -0.39 is 117 Å². The molecule has 0 aliphatic carbocycles. The Kier molecular flexibility index (Phi) is 13.1. The highest BCUT2D eigenvalue weighted by molar-refractivity contribution is 5.86. The van der Waals surface area contributed by atoms with Crippen molar-refractivity contribution < 1.29 is 94.8 Å². The number of rotatable bonds is 14. The van der Waals surface area contributed by atoms with Crippen LogP contribution >= 0.6 is 0 Å². The lowest BCUT2D eigenvalue weighted by atomic mass is 9.82. The Labute approximate surface area is 237 Å². The zero-order valence-electron chi connectivity index (χ0n) is 22.0. The van der Waals surface area contributed by atoms with Crippen molar-refractivity contribution in [2.45, 2.75) is 43.7 Å². The molecule has 0 saturated heterocycles. The SMILES string of the molecule is C=CC(=O)OCC(COC(=O)C=C)(COC(=O)C(F)=C(F)F)COC(=C(C(C)(F)C(F)(F)F)C(C)(F)C(F)(F)F)C(F)(F)F. The highest BCUT2D eigenvalue weighted by Gasteiger charge is 2.70. The largest absolute Gasteiger partial charge is 0.488 e. The van der Waals surface area contributed by atoms with Crippen molar-refractivity contribution in [1.29, 1.82) is 0 Å². The predicted octanol–water partition coefficient (Wildman–Crippen LogP) is 6.47. The summed E-state index contributed by atoms with van der Waals surface area (Å²) in [5, 5.41) is 0. The molecular formula is C23H20F14O7. The molecule has 0 spiro atoms. The van der Waals surface area contributed by atoms with E-state index in [1.807, 2.05) is 0 Å². The van der Waals surface area contributed by atoms with Gasteiger partial charge in [-0.25, -0.2) is 23.2 Å². The average Bonchev–Trinajstić information content (AvgIpc) is 2.87. The number of hydrogen-bond acceptors (Lipinski definition) is 7. The third-order valence-electron chi connectivity index (χ3n) is 5.24. The number of alkyl halides is 11. The van der Waals surface area contributed by atoms with Gasteiger partial charge >= 0.3 is 42.5 Å². The molecule has 0 aliphatic heterocycles. The monoisotopic (exact) mass is 674 g/mol. The Morgan fingerprint density at radius 3 is 1.25 bits per heavy atom. The second kappa shape index (κ2) is 14.3. The van der Waals surface area contributed by atoms with Gasteiger partial charge in [-0.3, -0.25) is 0 Å². The Hall–Kier alpha value is -3.81. The van der Waals surface area contributed by atoms with Gasteiger partial charge in [-0.1, -0.05) is 13.2 Å². The smallest absolute Gasteiger partial charge is 0.449 e. The van der Waals surface area contributed by atoms with Gasteiger partial charge in [0, 0.05) is 12.2 Å². The van der Waals surface area contributed by atoms with Gasteiger partial charge in [-0.15, -0.1) is 0 Å². The maximum Gasteiger partial charge on any atom is 0.449 e. The van der Waals surface area contributed by atoms with Crippen LogP contribution in [0, 0.1) is 5.41 Å². The van der Waals surface area contributed by atoms with Gasteiger partial charge in [-0.05, 0) is 13.8 Å². The standard InChI is InChI=1S/C23H20F14O7/c1-5-11(38)41-7-20(8-42-12(39)6-2,10-44-17(40)13(24)16(25)26)9-43-15(21(29,30)31)14(18(3,27)22(32,33)34)19(4,28)23(35,36)37/h5-6H,1-2,7-10H2,3-4H3. The Balaban J connectivity index is 7.52. The van der Waals surface area contributed by atoms with Crippen LogP contribution in [0.5, 0.6) is 0 Å². The summed E-state index contributed by atoms with van der Waals surface area (Å²) in [5.74, 6) is -12.1. The minimum Gasteiger partial charge on any atom is -0.488 e. The molecule has 0 aromatic carbocycles. The van der Waals surface area contributed by atoms with Crippen molar-refractivity contribution in [3.05, 3.63) is 48.5 Å². The molecule has 2 unspecified atom stereocenters. The molecule has 252 valence electrons. The number of esters is 3. The van der Waals surface area contributed by atoms with Crippen molar-refractivity contribution in [2.24, 2.45) is 5.41 Å². The molecular weight excluding hydrogens is 654 g/mol. The van der Waals surface area contributed by atoms with Crippen LogP contribution in [0.25, 0.3) is 0 Å². The summed E-state index contributed by atoms with van der Waals surface area (Å²) in [5.41, 5.74) is -18.2. The van der Waals surface area contributed by atoms with Gasteiger partial charge in [0.15, 0.2) is 0 Å². The van der Waals surface area contributed by atoms with Gasteiger partial charge in [0.25, 0.3) is 5.83 Å². The molecule has 0 saturated carbocycles. The summed E-state index contributed by atoms with van der Waals surface area (Å²) in [6, 6.07) is 0. The maximum absolute atomic E-state index is 14.9. The van der Waals surface area contributed by atoms with E-state index in [9.17, 15) is 75.8 Å². The Bertz CT molecular complexity index is 1110. The molecule has 0 bridgehead atoms. The quantitative estimate of drug-likeness (QED) is 0.0687. The summed E-state index contributed by atoms with van der Waals surface area (Å²) >= 11 is 0. The molecule has 0 rings (SSSR count). The first-order valence-corrected chi connectivity index (χ1v) is 11.0. The molecule has 0 N–H and O–H groups in total. The van der Waals surface area contributed by atoms with Crippen molar-refractivity contribution in [2.75, 3.05) is 26.4 Å². The second-order valence-electron chi connectivity index (χ2n) is 8.77. The first-order chi connectivity index (χ1) is 19.6. The average molecular weight is 674 g/mol. The van der Waals surface area contributed by atoms with E-state index in [-0.39, 0.29) is 0 Å². The Morgan fingerprint density at radius 1 is 0.614 bits per heavy atom. The molecule has 0 radical (unpaired) electrons. The molecule has 7 nitrogen and oxygen atoms in total. The lowest BCUT2D eigenvalue weighted by molar-refractivity contribution is -0.249. The van der Waals surface area contributed by atoms with Crippen LogP contribution in [-0.4, -0.2) is 74.2 Å². The van der Waals surface area contributed by atoms with Crippen LogP contribution in [0.4, 0.5) is 61.5 Å². The lowest BCUT2D eigenvalue weighted by Gasteiger charge is -2.38. The number of halogens is 14. The van der Waals surface area contributed by atoms with E-state index in [4.69, 9.17) is 0 Å². The molecule has 0 amide bonds. The zero-order chi connectivity index (χ0) is 35.1. The van der Waals surface area contributed by atoms with Crippen LogP contribution in [-0.2, 0) is 33.3 Å². The highest BCUT2D eigenvalue weighted by Crippen LogP contribution is 2.53. The van der Waals surface area contributed by atoms with Crippen LogP contribution in [0.2, 0.25) is 0 Å². The second-order valence-corrected chi connectivity index (χ2v) is 8.77. The third-order valence-corrected chi connectivity index (χ3v) is 5.24. The Morgan fingerprint density at radius 2 is 0.955 bits per heavy atom. The fourth-order valence-corrected chi connectivity index (χ4v) is 2.85. The van der Waals surface area contributed by atoms with Crippen molar-refractivity contribution in [3.63, 3.8) is 0 Å². The van der Waals surface area contributed by atoms with Gasteiger partial charge in [0.1, 0.15) is 31.8 Å². The lowest BCUT2D eigenvalue weighted by Crippen LogP contribution is -2.54. The first kappa shape index (κ1) is 40.2. The minimum atomic E-state index is -6.66. The predicted molar refractivity (Wildman–Crippen MR) is 116 cm³/mol. The van der Waals surface area contributed by atoms with E-state index in [2.05, 4.69) is 32.1 Å². The summed E-state index contributed by atoms with van der Waals surface area (Å²) in [6.07, 6.45) is -22.5. The maximum atomic E-state index is 14.9. The summed E-state index contributed by atoms with van der Waals surface area (Å²) < 4.78 is 207. The van der Waals surface area contributed by atoms with Crippen LogP contribution < -0.4 is 0 Å². The summed E-state index contributed by atoms with van der Waals surface area (Å²) in [7, 11) is 0. The molecule has 0 aliphatic rings. The minimum absolute atomic E-state index is 0.364. The highest BCUT2D eigenvalue weighted by atomic mass is 19.4. The normalized spacial score (nSPS) is 15.1. The van der Waals surface area contributed by atoms with Gasteiger partial charge in [0.2, 0.25) is 17.1 Å². The number of carbonyl (C=O) groups excluding carboxylic acids is 3. The van der Waals surface area contributed by atoms with Crippen molar-refractivity contribution in [1.82, 2.24) is 0 Å². The number of carbonyl (C=O) groups is 3. The van der Waals surface area contributed by atoms with E-state index in [0.717, 1.165) is 0 Å². The van der Waals surface area contributed by atoms with Gasteiger partial charge in [-0.2, -0.15) is 52.7 Å². The fourth-order valence-electron chi connectivity index (χ4n) is 2.85. The molecule has 2 atom stereocenters. The van der Waals surface area contributed by atoms with E-state index in [0.29, 0.717) is 12.2 Å². The molecule has 0 heterocycles. The summed E-state index contributed by atoms with van der Waals surface area (Å²) in [4.78, 5) is 34.7. The third kappa shape index (κ3) is 10.1. The van der Waals surface area contributed by atoms with Gasteiger partial charge in [0.05, 0.1) is 5.57 Å². The number of allylic oxidation sites excluding steroid dienone is 2.